The number of anilines is 1. The molecule has 0 amide bonds. The number of fused-ring (bicyclic) bond motifs is 1. The number of nitrogens with zero attached hydrogens (tertiary/aromatic N) is 1. The number of thiazole rings is 1. The molecule has 2 nitrogen and oxygen atoms in total. The largest absolute Gasteiger partial charge is 0.359 e. The normalized spacial score (nSPS) is 13.9. The smallest absolute Gasteiger partial charge is 0.184 e. The molecule has 0 saturated heterocycles. The molecule has 0 aliphatic heterocycles. The molecule has 0 bridgehead atoms. The summed E-state index contributed by atoms with van der Waals surface area (Å²) >= 11 is 5.19. The SMILES string of the molecule is CC(Nc1nc2ccc(Br)cc2s1)C(C)(C)C. The van der Waals surface area contributed by atoms with Crippen molar-refractivity contribution < 1.29 is 0 Å². The number of benzene rings is 1. The van der Waals surface area contributed by atoms with Gasteiger partial charge in [0.25, 0.3) is 0 Å². The predicted molar refractivity (Wildman–Crippen MR) is 79.9 cm³/mol. The van der Waals surface area contributed by atoms with Gasteiger partial charge in [0.05, 0.1) is 10.2 Å². The Hall–Kier alpha value is -0.610. The monoisotopic (exact) mass is 312 g/mol. The molecule has 0 radical (unpaired) electrons. The van der Waals surface area contributed by atoms with Crippen LogP contribution in [-0.4, -0.2) is 11.0 Å². The minimum atomic E-state index is 0.235. The summed E-state index contributed by atoms with van der Waals surface area (Å²) < 4.78 is 2.31. The Bertz CT molecular complexity index is 528. The first-order valence-electron chi connectivity index (χ1n) is 5.69. The van der Waals surface area contributed by atoms with Gasteiger partial charge in [-0.05, 0) is 30.5 Å². The van der Waals surface area contributed by atoms with E-state index in [9.17, 15) is 0 Å². The van der Waals surface area contributed by atoms with Crippen LogP contribution in [0.25, 0.3) is 10.2 Å². The van der Waals surface area contributed by atoms with Crippen LogP contribution in [0.1, 0.15) is 27.7 Å². The number of hydrogen-bond acceptors (Lipinski definition) is 3. The Labute approximate surface area is 115 Å². The van der Waals surface area contributed by atoms with Crippen LogP contribution in [0.4, 0.5) is 5.13 Å². The second-order valence-electron chi connectivity index (χ2n) is 5.36. The lowest BCUT2D eigenvalue weighted by molar-refractivity contribution is 0.359. The minimum absolute atomic E-state index is 0.235. The number of hydrogen-bond donors (Lipinski definition) is 1. The first-order chi connectivity index (χ1) is 7.86. The summed E-state index contributed by atoms with van der Waals surface area (Å²) in [4.78, 5) is 4.59. The number of halogens is 1. The fourth-order valence-electron chi connectivity index (χ4n) is 1.36. The van der Waals surface area contributed by atoms with Crippen molar-refractivity contribution in [1.29, 1.82) is 0 Å². The maximum Gasteiger partial charge on any atom is 0.184 e. The molecule has 0 aliphatic carbocycles. The molecule has 17 heavy (non-hydrogen) atoms. The highest BCUT2D eigenvalue weighted by atomic mass is 79.9. The van der Waals surface area contributed by atoms with Gasteiger partial charge in [-0.25, -0.2) is 4.98 Å². The molecule has 2 aromatic rings. The van der Waals surface area contributed by atoms with Crippen LogP contribution in [0.15, 0.2) is 22.7 Å². The van der Waals surface area contributed by atoms with Gasteiger partial charge in [-0.1, -0.05) is 48.0 Å². The van der Waals surface area contributed by atoms with Gasteiger partial charge in [-0.15, -0.1) is 0 Å². The van der Waals surface area contributed by atoms with Crippen molar-refractivity contribution in [2.24, 2.45) is 5.41 Å². The zero-order valence-electron chi connectivity index (χ0n) is 10.5. The Morgan fingerprint density at radius 3 is 2.71 bits per heavy atom. The molecule has 1 unspecified atom stereocenters. The fraction of sp³-hybridized carbons (Fsp3) is 0.462. The highest BCUT2D eigenvalue weighted by Gasteiger charge is 2.20. The van der Waals surface area contributed by atoms with Crippen molar-refractivity contribution in [2.75, 3.05) is 5.32 Å². The molecule has 0 fully saturated rings. The van der Waals surface area contributed by atoms with Gasteiger partial charge in [0, 0.05) is 10.5 Å². The molecule has 0 aliphatic rings. The van der Waals surface area contributed by atoms with Gasteiger partial charge in [0.15, 0.2) is 5.13 Å². The molecule has 4 heteroatoms. The first kappa shape index (κ1) is 12.8. The number of rotatable bonds is 2. The van der Waals surface area contributed by atoms with Crippen LogP contribution in [0.2, 0.25) is 0 Å². The van der Waals surface area contributed by atoms with E-state index >= 15 is 0 Å². The molecule has 1 atom stereocenters. The van der Waals surface area contributed by atoms with E-state index in [4.69, 9.17) is 0 Å². The van der Waals surface area contributed by atoms with Gasteiger partial charge in [-0.2, -0.15) is 0 Å². The lowest BCUT2D eigenvalue weighted by Crippen LogP contribution is -2.30. The van der Waals surface area contributed by atoms with E-state index in [1.807, 2.05) is 12.1 Å². The molecule has 92 valence electrons. The van der Waals surface area contributed by atoms with Crippen molar-refractivity contribution in [3.63, 3.8) is 0 Å². The summed E-state index contributed by atoms with van der Waals surface area (Å²) in [6.07, 6.45) is 0. The van der Waals surface area contributed by atoms with E-state index in [0.29, 0.717) is 6.04 Å². The summed E-state index contributed by atoms with van der Waals surface area (Å²) in [5, 5.41) is 4.48. The van der Waals surface area contributed by atoms with E-state index in [1.54, 1.807) is 11.3 Å². The lowest BCUT2D eigenvalue weighted by Gasteiger charge is -2.27. The fourth-order valence-corrected chi connectivity index (χ4v) is 2.87. The predicted octanol–water partition coefficient (Wildman–Crippen LogP) is 4.91. The van der Waals surface area contributed by atoms with Gasteiger partial charge < -0.3 is 5.32 Å². The molecule has 1 aromatic carbocycles. The van der Waals surface area contributed by atoms with Gasteiger partial charge in [0.2, 0.25) is 0 Å². The quantitative estimate of drug-likeness (QED) is 0.852. The zero-order valence-corrected chi connectivity index (χ0v) is 12.9. The van der Waals surface area contributed by atoms with E-state index in [2.05, 4.69) is 60.0 Å². The highest BCUT2D eigenvalue weighted by Crippen LogP contribution is 2.30. The maximum atomic E-state index is 4.59. The zero-order chi connectivity index (χ0) is 12.6. The average molecular weight is 313 g/mol. The summed E-state index contributed by atoms with van der Waals surface area (Å²) in [6, 6.07) is 6.58. The number of nitrogens with one attached hydrogen (secondary N) is 1. The first-order valence-corrected chi connectivity index (χ1v) is 7.30. The van der Waals surface area contributed by atoms with E-state index in [0.717, 1.165) is 15.1 Å². The molecule has 1 aromatic heterocycles. The average Bonchev–Trinajstić information content (AvgIpc) is 2.57. The van der Waals surface area contributed by atoms with Crippen molar-refractivity contribution in [2.45, 2.75) is 33.7 Å². The van der Waals surface area contributed by atoms with Crippen LogP contribution in [0.5, 0.6) is 0 Å². The van der Waals surface area contributed by atoms with E-state index in [-0.39, 0.29) is 5.41 Å². The van der Waals surface area contributed by atoms with Crippen molar-refractivity contribution in [3.05, 3.63) is 22.7 Å². The van der Waals surface area contributed by atoms with Crippen molar-refractivity contribution in [1.82, 2.24) is 4.98 Å². The second kappa shape index (κ2) is 4.58. The molecular formula is C13H17BrN2S. The van der Waals surface area contributed by atoms with E-state index in [1.165, 1.54) is 4.70 Å². The van der Waals surface area contributed by atoms with Gasteiger partial charge >= 0.3 is 0 Å². The summed E-state index contributed by atoms with van der Waals surface area (Å²) in [5.74, 6) is 0. The second-order valence-corrected chi connectivity index (χ2v) is 7.31. The lowest BCUT2D eigenvalue weighted by atomic mass is 9.88. The van der Waals surface area contributed by atoms with Crippen LogP contribution in [0.3, 0.4) is 0 Å². The standard InChI is InChI=1S/C13H17BrN2S/c1-8(13(2,3)4)15-12-16-10-6-5-9(14)7-11(10)17-12/h5-8H,1-4H3,(H,15,16). The Morgan fingerprint density at radius 2 is 2.06 bits per heavy atom. The summed E-state index contributed by atoms with van der Waals surface area (Å²) in [7, 11) is 0. The van der Waals surface area contributed by atoms with Crippen molar-refractivity contribution >= 4 is 42.6 Å². The minimum Gasteiger partial charge on any atom is -0.359 e. The highest BCUT2D eigenvalue weighted by molar-refractivity contribution is 9.10. The Kier molecular flexibility index (Phi) is 3.46. The summed E-state index contributed by atoms with van der Waals surface area (Å²) in [5.41, 5.74) is 1.29. The summed E-state index contributed by atoms with van der Waals surface area (Å²) in [6.45, 7) is 8.89. The molecular weight excluding hydrogens is 296 g/mol. The maximum absolute atomic E-state index is 4.59. The third-order valence-electron chi connectivity index (χ3n) is 2.99. The number of aromatic nitrogens is 1. The molecule has 0 saturated carbocycles. The topological polar surface area (TPSA) is 24.9 Å². The molecule has 0 spiro atoms. The Balaban J connectivity index is 2.25. The Morgan fingerprint density at radius 1 is 1.35 bits per heavy atom. The van der Waals surface area contributed by atoms with Gasteiger partial charge in [0.1, 0.15) is 0 Å². The van der Waals surface area contributed by atoms with Crippen LogP contribution < -0.4 is 5.32 Å². The molecule has 1 heterocycles. The molecule has 2 rings (SSSR count). The van der Waals surface area contributed by atoms with Gasteiger partial charge in [-0.3, -0.25) is 0 Å². The third-order valence-corrected chi connectivity index (χ3v) is 4.43. The van der Waals surface area contributed by atoms with E-state index < -0.39 is 0 Å². The van der Waals surface area contributed by atoms with Crippen LogP contribution in [0, 0.1) is 5.41 Å². The third kappa shape index (κ3) is 2.99. The van der Waals surface area contributed by atoms with Crippen LogP contribution in [-0.2, 0) is 0 Å². The van der Waals surface area contributed by atoms with Crippen LogP contribution >= 0.6 is 27.3 Å². The molecule has 1 N–H and O–H groups in total. The van der Waals surface area contributed by atoms with Crippen molar-refractivity contribution in [3.8, 4) is 0 Å².